The third kappa shape index (κ3) is 4.78. The summed E-state index contributed by atoms with van der Waals surface area (Å²) >= 11 is 4.68. The van der Waals surface area contributed by atoms with Gasteiger partial charge in [-0.1, -0.05) is 15.9 Å². The number of hydrogen-bond acceptors (Lipinski definition) is 2. The van der Waals surface area contributed by atoms with Gasteiger partial charge in [0.1, 0.15) is 4.83 Å². The first-order chi connectivity index (χ1) is 4.18. The molecule has 0 aromatic carbocycles. The molecule has 1 atom stereocenters. The van der Waals surface area contributed by atoms with Gasteiger partial charge in [-0.15, -0.1) is 0 Å². The number of hydrogen-bond donors (Lipinski definition) is 1. The molecular weight excluding hydrogens is 204 g/mol. The number of aliphatic carboxylic acids is 1. The minimum atomic E-state index is -0.774. The summed E-state index contributed by atoms with van der Waals surface area (Å²) in [7, 11) is 0. The van der Waals surface area contributed by atoms with Crippen LogP contribution in [0.3, 0.4) is 0 Å². The summed E-state index contributed by atoms with van der Waals surface area (Å²) in [6.07, 6.45) is 2.65. The normalized spacial score (nSPS) is 13.1. The lowest BCUT2D eigenvalue weighted by Gasteiger charge is -2.00. The number of alkyl halides is 1. The van der Waals surface area contributed by atoms with E-state index in [0.717, 1.165) is 5.75 Å². The molecule has 1 N–H and O–H groups in total. The Kier molecular flexibility index (Phi) is 5.28. The lowest BCUT2D eigenvalue weighted by molar-refractivity contribution is -0.136. The van der Waals surface area contributed by atoms with Crippen LogP contribution in [0.15, 0.2) is 0 Å². The molecule has 0 bridgehead atoms. The van der Waals surface area contributed by atoms with Crippen LogP contribution < -0.4 is 0 Å². The van der Waals surface area contributed by atoms with E-state index in [4.69, 9.17) is 5.11 Å². The molecule has 0 amide bonds. The van der Waals surface area contributed by atoms with Crippen molar-refractivity contribution in [3.05, 3.63) is 0 Å². The summed E-state index contributed by atoms with van der Waals surface area (Å²) in [4.78, 5) is 9.78. The van der Waals surface area contributed by atoms with E-state index in [1.54, 1.807) is 11.8 Å². The second-order valence-electron chi connectivity index (χ2n) is 1.59. The van der Waals surface area contributed by atoms with Crippen LogP contribution in [0.4, 0.5) is 0 Å². The Labute approximate surface area is 67.1 Å². The number of carbonyl (C=O) groups is 1. The number of carboxylic acid groups (broad SMARTS) is 1. The lowest BCUT2D eigenvalue weighted by Crippen LogP contribution is -2.12. The van der Waals surface area contributed by atoms with Gasteiger partial charge in [0.05, 0.1) is 0 Å². The summed E-state index contributed by atoms with van der Waals surface area (Å²) < 4.78 is 0. The van der Waals surface area contributed by atoms with Crippen molar-refractivity contribution in [3.8, 4) is 0 Å². The molecule has 54 valence electrons. The molecule has 4 heteroatoms. The SMILES string of the molecule is CSCCC(Br)C(=O)O. The summed E-state index contributed by atoms with van der Waals surface area (Å²) in [6.45, 7) is 0. The summed E-state index contributed by atoms with van der Waals surface area (Å²) in [6, 6.07) is 0. The van der Waals surface area contributed by atoms with Crippen molar-refractivity contribution >= 4 is 33.7 Å². The Hall–Kier alpha value is 0.300. The topological polar surface area (TPSA) is 37.3 Å². The molecule has 2 nitrogen and oxygen atoms in total. The third-order valence-corrected chi connectivity index (χ3v) is 2.34. The van der Waals surface area contributed by atoms with Crippen LogP contribution in [-0.4, -0.2) is 27.9 Å². The standard InChI is InChI=1S/C5H9BrO2S/c1-9-3-2-4(6)5(7)8/h4H,2-3H2,1H3,(H,7,8). The molecule has 0 aliphatic rings. The molecule has 0 heterocycles. The van der Waals surface area contributed by atoms with Crippen LogP contribution in [0.2, 0.25) is 0 Å². The predicted molar refractivity (Wildman–Crippen MR) is 43.3 cm³/mol. The van der Waals surface area contributed by atoms with Crippen LogP contribution in [0, 0.1) is 0 Å². The van der Waals surface area contributed by atoms with Gasteiger partial charge >= 0.3 is 5.97 Å². The van der Waals surface area contributed by atoms with Gasteiger partial charge in [-0.05, 0) is 18.4 Å². The van der Waals surface area contributed by atoms with E-state index in [9.17, 15) is 4.79 Å². The maximum absolute atomic E-state index is 10.1. The van der Waals surface area contributed by atoms with Gasteiger partial charge in [0.2, 0.25) is 0 Å². The number of thioether (sulfide) groups is 1. The van der Waals surface area contributed by atoms with Crippen LogP contribution in [0.5, 0.6) is 0 Å². The number of rotatable bonds is 4. The van der Waals surface area contributed by atoms with Crippen molar-refractivity contribution < 1.29 is 9.90 Å². The van der Waals surface area contributed by atoms with E-state index < -0.39 is 5.97 Å². The molecule has 0 saturated heterocycles. The fourth-order valence-electron chi connectivity index (χ4n) is 0.345. The van der Waals surface area contributed by atoms with Crippen molar-refractivity contribution in [1.29, 1.82) is 0 Å². The molecule has 9 heavy (non-hydrogen) atoms. The molecule has 0 fully saturated rings. The highest BCUT2D eigenvalue weighted by atomic mass is 79.9. The van der Waals surface area contributed by atoms with Crippen LogP contribution in [0.25, 0.3) is 0 Å². The molecule has 0 radical (unpaired) electrons. The van der Waals surface area contributed by atoms with Crippen molar-refractivity contribution in [2.45, 2.75) is 11.2 Å². The minimum Gasteiger partial charge on any atom is -0.480 e. The summed E-state index contributed by atoms with van der Waals surface area (Å²) in [5.41, 5.74) is 0. The Morgan fingerprint density at radius 3 is 2.78 bits per heavy atom. The first-order valence-corrected chi connectivity index (χ1v) is 4.85. The van der Waals surface area contributed by atoms with Gasteiger partial charge in [-0.2, -0.15) is 11.8 Å². The highest BCUT2D eigenvalue weighted by Gasteiger charge is 2.10. The second-order valence-corrected chi connectivity index (χ2v) is 3.68. The van der Waals surface area contributed by atoms with Gasteiger partial charge in [-0.3, -0.25) is 4.79 Å². The molecular formula is C5H9BrO2S. The highest BCUT2D eigenvalue weighted by molar-refractivity contribution is 9.10. The first kappa shape index (κ1) is 9.30. The minimum absolute atomic E-state index is 0.370. The van der Waals surface area contributed by atoms with Crippen LogP contribution in [0.1, 0.15) is 6.42 Å². The zero-order valence-electron chi connectivity index (χ0n) is 5.13. The Morgan fingerprint density at radius 2 is 2.44 bits per heavy atom. The molecule has 0 aliphatic carbocycles. The van der Waals surface area contributed by atoms with Gasteiger partial charge in [0.25, 0.3) is 0 Å². The van der Waals surface area contributed by atoms with Gasteiger partial charge in [-0.25, -0.2) is 0 Å². The van der Waals surface area contributed by atoms with E-state index >= 15 is 0 Å². The van der Waals surface area contributed by atoms with E-state index in [-0.39, 0.29) is 4.83 Å². The van der Waals surface area contributed by atoms with Crippen LogP contribution in [-0.2, 0) is 4.79 Å². The van der Waals surface area contributed by atoms with Crippen molar-refractivity contribution in [2.75, 3.05) is 12.0 Å². The average Bonchev–Trinajstić information content (AvgIpc) is 1.82. The van der Waals surface area contributed by atoms with Crippen molar-refractivity contribution in [1.82, 2.24) is 0 Å². The number of carboxylic acids is 1. The van der Waals surface area contributed by atoms with E-state index in [1.807, 2.05) is 6.26 Å². The van der Waals surface area contributed by atoms with Gasteiger partial charge in [0, 0.05) is 0 Å². The van der Waals surface area contributed by atoms with Crippen molar-refractivity contribution in [2.24, 2.45) is 0 Å². The average molecular weight is 213 g/mol. The summed E-state index contributed by atoms with van der Waals surface area (Å²) in [5.74, 6) is 0.117. The first-order valence-electron chi connectivity index (χ1n) is 2.54. The molecule has 0 spiro atoms. The Balaban J connectivity index is 3.27. The smallest absolute Gasteiger partial charge is 0.317 e. The highest BCUT2D eigenvalue weighted by Crippen LogP contribution is 2.08. The molecule has 0 rings (SSSR count). The largest absolute Gasteiger partial charge is 0.480 e. The maximum Gasteiger partial charge on any atom is 0.317 e. The Bertz CT molecular complexity index is 97.0. The number of halogens is 1. The maximum atomic E-state index is 10.1. The van der Waals surface area contributed by atoms with E-state index in [0.29, 0.717) is 6.42 Å². The van der Waals surface area contributed by atoms with Gasteiger partial charge in [0.15, 0.2) is 0 Å². The lowest BCUT2D eigenvalue weighted by atomic mass is 10.3. The van der Waals surface area contributed by atoms with Crippen molar-refractivity contribution in [3.63, 3.8) is 0 Å². The van der Waals surface area contributed by atoms with Gasteiger partial charge < -0.3 is 5.11 Å². The monoisotopic (exact) mass is 212 g/mol. The molecule has 0 aromatic heterocycles. The van der Waals surface area contributed by atoms with Crippen LogP contribution >= 0.6 is 27.7 Å². The predicted octanol–water partition coefficient (Wildman–Crippen LogP) is 1.59. The Morgan fingerprint density at radius 1 is 1.89 bits per heavy atom. The molecule has 0 saturated carbocycles. The zero-order chi connectivity index (χ0) is 7.28. The molecule has 0 aliphatic heterocycles. The van der Waals surface area contributed by atoms with E-state index in [1.165, 1.54) is 0 Å². The zero-order valence-corrected chi connectivity index (χ0v) is 7.54. The second kappa shape index (κ2) is 5.11. The molecule has 1 unspecified atom stereocenters. The summed E-state index contributed by atoms with van der Waals surface area (Å²) in [5, 5.41) is 8.35. The van der Waals surface area contributed by atoms with E-state index in [2.05, 4.69) is 15.9 Å². The fraction of sp³-hybridized carbons (Fsp3) is 0.800. The molecule has 0 aromatic rings. The quantitative estimate of drug-likeness (QED) is 0.720. The third-order valence-electron chi connectivity index (χ3n) is 0.843. The fourth-order valence-corrected chi connectivity index (χ4v) is 1.35.